The van der Waals surface area contributed by atoms with Crippen LogP contribution in [-0.2, 0) is 6.42 Å². The van der Waals surface area contributed by atoms with Gasteiger partial charge in [0.2, 0.25) is 0 Å². The lowest BCUT2D eigenvalue weighted by atomic mass is 10.1. The molecule has 0 radical (unpaired) electrons. The number of nitrogens with zero attached hydrogens (tertiary/aromatic N) is 3. The van der Waals surface area contributed by atoms with Gasteiger partial charge < -0.3 is 4.42 Å². The predicted molar refractivity (Wildman–Crippen MR) is 59.7 cm³/mol. The molecule has 0 aliphatic rings. The summed E-state index contributed by atoms with van der Waals surface area (Å²) in [6.45, 7) is 0. The Hall–Kier alpha value is -2.43. The van der Waals surface area contributed by atoms with Gasteiger partial charge in [0.25, 0.3) is 0 Å². The largest absolute Gasteiger partial charge is 0.472 e. The Morgan fingerprint density at radius 1 is 1.41 bits per heavy atom. The van der Waals surface area contributed by atoms with E-state index in [9.17, 15) is 4.79 Å². The second kappa shape index (κ2) is 3.86. The molecule has 0 fully saturated rings. The van der Waals surface area contributed by atoms with Gasteiger partial charge in [-0.1, -0.05) is 0 Å². The maximum atomic E-state index is 12.1. The number of fused-ring (bicyclic) bond motifs is 1. The summed E-state index contributed by atoms with van der Waals surface area (Å²) in [7, 11) is 0. The molecule has 0 aliphatic carbocycles. The van der Waals surface area contributed by atoms with Gasteiger partial charge in [0, 0.05) is 18.8 Å². The molecule has 0 atom stereocenters. The first-order chi connectivity index (χ1) is 8.34. The van der Waals surface area contributed by atoms with Crippen LogP contribution < -0.4 is 0 Å². The Morgan fingerprint density at radius 2 is 2.35 bits per heavy atom. The molecule has 0 saturated carbocycles. The second-order valence-electron chi connectivity index (χ2n) is 3.70. The number of carbonyl (C=O) groups excluding carboxylic acids is 1. The molecule has 5 nitrogen and oxygen atoms in total. The predicted octanol–water partition coefficient (Wildman–Crippen LogP) is 1.75. The lowest BCUT2D eigenvalue weighted by Gasteiger charge is -1.96. The van der Waals surface area contributed by atoms with Crippen LogP contribution in [0, 0.1) is 0 Å². The number of rotatable bonds is 3. The van der Waals surface area contributed by atoms with Crippen LogP contribution in [0.5, 0.6) is 0 Å². The maximum absolute atomic E-state index is 12.1. The summed E-state index contributed by atoms with van der Waals surface area (Å²) >= 11 is 0. The van der Waals surface area contributed by atoms with Crippen LogP contribution in [0.4, 0.5) is 0 Å². The SMILES string of the molecule is O=C(Cc1ccoc1)c1cnn2ccncc12. The average molecular weight is 227 g/mol. The lowest BCUT2D eigenvalue weighted by Crippen LogP contribution is -2.02. The van der Waals surface area contributed by atoms with Gasteiger partial charge in [-0.2, -0.15) is 5.10 Å². The van der Waals surface area contributed by atoms with E-state index >= 15 is 0 Å². The number of furan rings is 1. The number of Topliss-reactive ketones (excluding diaryl/α,β-unsaturated/α-hetero) is 1. The molecule has 0 aromatic carbocycles. The first-order valence-corrected chi connectivity index (χ1v) is 5.16. The molecule has 3 heterocycles. The van der Waals surface area contributed by atoms with Crippen LogP contribution in [-0.4, -0.2) is 20.4 Å². The summed E-state index contributed by atoms with van der Waals surface area (Å²) in [4.78, 5) is 16.1. The van der Waals surface area contributed by atoms with Gasteiger partial charge in [0.1, 0.15) is 0 Å². The molecule has 0 saturated heterocycles. The number of aromatic nitrogens is 3. The Kier molecular flexibility index (Phi) is 2.22. The van der Waals surface area contributed by atoms with Gasteiger partial charge in [-0.3, -0.25) is 9.78 Å². The summed E-state index contributed by atoms with van der Waals surface area (Å²) in [5, 5.41) is 4.10. The smallest absolute Gasteiger partial charge is 0.171 e. The minimum absolute atomic E-state index is 0.00870. The first kappa shape index (κ1) is 9.77. The van der Waals surface area contributed by atoms with Crippen LogP contribution in [0.25, 0.3) is 5.52 Å². The Bertz CT molecular complexity index is 655. The average Bonchev–Trinajstić information content (AvgIpc) is 2.96. The number of hydrogen-bond acceptors (Lipinski definition) is 4. The molecule has 3 aromatic rings. The monoisotopic (exact) mass is 227 g/mol. The number of carbonyl (C=O) groups is 1. The molecule has 84 valence electrons. The lowest BCUT2D eigenvalue weighted by molar-refractivity contribution is 0.0994. The van der Waals surface area contributed by atoms with E-state index in [1.165, 1.54) is 0 Å². The third kappa shape index (κ3) is 1.71. The molecule has 3 aromatic heterocycles. The summed E-state index contributed by atoms with van der Waals surface area (Å²) in [5.74, 6) is 0.00870. The van der Waals surface area contributed by atoms with Gasteiger partial charge in [-0.05, 0) is 11.6 Å². The molecule has 0 spiro atoms. The molecule has 5 heteroatoms. The zero-order valence-corrected chi connectivity index (χ0v) is 8.91. The van der Waals surface area contributed by atoms with Crippen LogP contribution >= 0.6 is 0 Å². The van der Waals surface area contributed by atoms with Crippen molar-refractivity contribution < 1.29 is 9.21 Å². The van der Waals surface area contributed by atoms with Crippen molar-refractivity contribution in [3.63, 3.8) is 0 Å². The van der Waals surface area contributed by atoms with Gasteiger partial charge in [-0.25, -0.2) is 4.52 Å². The molecule has 0 unspecified atom stereocenters. The summed E-state index contributed by atoms with van der Waals surface area (Å²) in [5.41, 5.74) is 2.17. The molecular formula is C12H9N3O2. The Morgan fingerprint density at radius 3 is 3.18 bits per heavy atom. The zero-order chi connectivity index (χ0) is 11.7. The standard InChI is InChI=1S/C12H9N3O2/c16-12(5-9-1-4-17-8-9)10-6-14-15-3-2-13-7-11(10)15/h1-4,6-8H,5H2. The van der Waals surface area contributed by atoms with Crippen molar-refractivity contribution in [2.75, 3.05) is 0 Å². The van der Waals surface area contributed by atoms with Gasteiger partial charge in [0.15, 0.2) is 5.78 Å². The van der Waals surface area contributed by atoms with E-state index in [4.69, 9.17) is 4.42 Å². The molecular weight excluding hydrogens is 218 g/mol. The van der Waals surface area contributed by atoms with E-state index in [-0.39, 0.29) is 5.78 Å². The fourth-order valence-electron chi connectivity index (χ4n) is 1.72. The van der Waals surface area contributed by atoms with Crippen LogP contribution in [0.3, 0.4) is 0 Å². The minimum atomic E-state index is 0.00870. The fourth-order valence-corrected chi connectivity index (χ4v) is 1.72. The summed E-state index contributed by atoms with van der Waals surface area (Å²) in [6, 6.07) is 1.78. The minimum Gasteiger partial charge on any atom is -0.472 e. The van der Waals surface area contributed by atoms with Crippen molar-refractivity contribution >= 4 is 11.3 Å². The van der Waals surface area contributed by atoms with Crippen molar-refractivity contribution in [1.82, 2.24) is 14.6 Å². The zero-order valence-electron chi connectivity index (χ0n) is 8.91. The highest BCUT2D eigenvalue weighted by Gasteiger charge is 2.13. The van der Waals surface area contributed by atoms with Crippen molar-refractivity contribution in [2.24, 2.45) is 0 Å². The van der Waals surface area contributed by atoms with Crippen molar-refractivity contribution in [3.05, 3.63) is 54.5 Å². The Labute approximate surface area is 96.7 Å². The molecule has 0 bridgehead atoms. The van der Waals surface area contributed by atoms with Gasteiger partial charge in [-0.15, -0.1) is 0 Å². The highest BCUT2D eigenvalue weighted by atomic mass is 16.3. The topological polar surface area (TPSA) is 60.4 Å². The van der Waals surface area contributed by atoms with E-state index in [1.54, 1.807) is 47.9 Å². The normalized spacial score (nSPS) is 10.8. The quantitative estimate of drug-likeness (QED) is 0.639. The van der Waals surface area contributed by atoms with Crippen LogP contribution in [0.2, 0.25) is 0 Å². The van der Waals surface area contributed by atoms with E-state index in [2.05, 4.69) is 10.1 Å². The van der Waals surface area contributed by atoms with Crippen molar-refractivity contribution in [2.45, 2.75) is 6.42 Å². The molecule has 17 heavy (non-hydrogen) atoms. The number of hydrogen-bond donors (Lipinski definition) is 0. The molecule has 0 N–H and O–H groups in total. The van der Waals surface area contributed by atoms with E-state index < -0.39 is 0 Å². The molecule has 0 amide bonds. The van der Waals surface area contributed by atoms with E-state index in [0.717, 1.165) is 11.1 Å². The maximum Gasteiger partial charge on any atom is 0.171 e. The van der Waals surface area contributed by atoms with Crippen LogP contribution in [0.15, 0.2) is 47.8 Å². The number of ketones is 1. The second-order valence-corrected chi connectivity index (χ2v) is 3.70. The molecule has 3 rings (SSSR count). The molecule has 0 aliphatic heterocycles. The van der Waals surface area contributed by atoms with E-state index in [0.29, 0.717) is 12.0 Å². The highest BCUT2D eigenvalue weighted by Crippen LogP contribution is 2.12. The van der Waals surface area contributed by atoms with Crippen molar-refractivity contribution in [3.8, 4) is 0 Å². The van der Waals surface area contributed by atoms with Crippen molar-refractivity contribution in [1.29, 1.82) is 0 Å². The van der Waals surface area contributed by atoms with Crippen LogP contribution in [0.1, 0.15) is 15.9 Å². The van der Waals surface area contributed by atoms with Gasteiger partial charge >= 0.3 is 0 Å². The summed E-state index contributed by atoms with van der Waals surface area (Å²) < 4.78 is 6.57. The third-order valence-corrected chi connectivity index (χ3v) is 2.57. The first-order valence-electron chi connectivity index (χ1n) is 5.16. The Balaban J connectivity index is 1.96. The fraction of sp³-hybridized carbons (Fsp3) is 0.0833. The third-order valence-electron chi connectivity index (χ3n) is 2.57. The van der Waals surface area contributed by atoms with E-state index in [1.807, 2.05) is 0 Å². The highest BCUT2D eigenvalue weighted by molar-refractivity contribution is 6.03. The summed E-state index contributed by atoms with van der Waals surface area (Å²) in [6.07, 6.45) is 9.98. The van der Waals surface area contributed by atoms with Gasteiger partial charge in [0.05, 0.1) is 36.0 Å².